The number of aliphatic hydroxyl groups excluding tert-OH is 1. The summed E-state index contributed by atoms with van der Waals surface area (Å²) in [6.45, 7) is 3.86. The smallest absolute Gasteiger partial charge is 0.305 e. The van der Waals surface area contributed by atoms with Gasteiger partial charge in [-0.25, -0.2) is 0 Å². The number of esters is 1. The predicted octanol–water partition coefficient (Wildman–Crippen LogP) is 6.48. The molecule has 7 nitrogen and oxygen atoms in total. The number of hydrogen-bond acceptors (Lipinski definition) is 7. The summed E-state index contributed by atoms with van der Waals surface area (Å²) >= 11 is 0. The Morgan fingerprint density at radius 1 is 0.975 bits per heavy atom. The first-order valence-electron chi connectivity index (χ1n) is 16.2. The number of allylic oxidation sites excluding steroid dienone is 2. The predicted molar refractivity (Wildman–Crippen MR) is 154 cm³/mol. The number of methoxy groups -OCH3 is 1. The van der Waals surface area contributed by atoms with E-state index >= 15 is 0 Å². The van der Waals surface area contributed by atoms with E-state index in [1.807, 2.05) is 0 Å². The van der Waals surface area contributed by atoms with Gasteiger partial charge in [-0.3, -0.25) is 4.79 Å². The summed E-state index contributed by atoms with van der Waals surface area (Å²) in [5.41, 5.74) is 0. The zero-order chi connectivity index (χ0) is 28.2. The minimum atomic E-state index is -0.434. The van der Waals surface area contributed by atoms with Gasteiger partial charge in [0.05, 0.1) is 25.4 Å². The molecule has 8 atom stereocenters. The number of ether oxygens (including phenoxy) is 5. The first-order chi connectivity index (χ1) is 19.5. The van der Waals surface area contributed by atoms with Crippen LogP contribution < -0.4 is 0 Å². The monoisotopic (exact) mass is 562 g/mol. The topological polar surface area (TPSA) is 83.5 Å². The van der Waals surface area contributed by atoms with Crippen molar-refractivity contribution in [2.45, 2.75) is 134 Å². The number of aliphatic hydroxyl groups is 1. The average Bonchev–Trinajstić information content (AvgIpc) is 3.62. The second-order valence-electron chi connectivity index (χ2n) is 12.4. The van der Waals surface area contributed by atoms with Gasteiger partial charge in [-0.05, 0) is 75.5 Å². The Morgan fingerprint density at radius 3 is 2.35 bits per heavy atom. The Kier molecular flexibility index (Phi) is 13.5. The molecular formula is C33H54O7. The van der Waals surface area contributed by atoms with Gasteiger partial charge in [0.25, 0.3) is 0 Å². The molecule has 0 amide bonds. The van der Waals surface area contributed by atoms with Crippen LogP contribution in [-0.4, -0.2) is 62.3 Å². The second-order valence-corrected chi connectivity index (χ2v) is 12.4. The van der Waals surface area contributed by atoms with Crippen molar-refractivity contribution < 1.29 is 33.6 Å². The molecule has 3 unspecified atom stereocenters. The third-order valence-corrected chi connectivity index (χ3v) is 9.54. The van der Waals surface area contributed by atoms with Crippen molar-refractivity contribution in [2.75, 3.05) is 20.3 Å². The fraction of sp³-hybridized carbons (Fsp3) is 0.848. The van der Waals surface area contributed by atoms with E-state index in [2.05, 4.69) is 31.2 Å². The summed E-state index contributed by atoms with van der Waals surface area (Å²) in [5.74, 6) is 1.07. The molecule has 2 heterocycles. The zero-order valence-corrected chi connectivity index (χ0v) is 24.9. The van der Waals surface area contributed by atoms with E-state index < -0.39 is 6.10 Å². The highest BCUT2D eigenvalue weighted by Crippen LogP contribution is 2.41. The summed E-state index contributed by atoms with van der Waals surface area (Å²) in [4.78, 5) is 11.4. The van der Waals surface area contributed by atoms with Gasteiger partial charge in [-0.2, -0.15) is 0 Å². The van der Waals surface area contributed by atoms with Crippen molar-refractivity contribution in [1.82, 2.24) is 0 Å². The third-order valence-electron chi connectivity index (χ3n) is 9.54. The van der Waals surface area contributed by atoms with Crippen LogP contribution in [0.25, 0.3) is 0 Å². The van der Waals surface area contributed by atoms with Crippen LogP contribution in [0.4, 0.5) is 0 Å². The maximum Gasteiger partial charge on any atom is 0.305 e. The molecule has 228 valence electrons. The van der Waals surface area contributed by atoms with Crippen LogP contribution in [0, 0.1) is 23.7 Å². The van der Waals surface area contributed by atoms with Crippen molar-refractivity contribution in [3.05, 3.63) is 24.3 Å². The highest BCUT2D eigenvalue weighted by molar-refractivity contribution is 5.69. The van der Waals surface area contributed by atoms with E-state index in [1.54, 1.807) is 0 Å². The van der Waals surface area contributed by atoms with Gasteiger partial charge in [0.15, 0.2) is 12.6 Å². The van der Waals surface area contributed by atoms with Crippen LogP contribution in [-0.2, 0) is 28.5 Å². The fourth-order valence-electron chi connectivity index (χ4n) is 7.01. The molecule has 2 aliphatic carbocycles. The third kappa shape index (κ3) is 9.65. The minimum absolute atomic E-state index is 0.00922. The molecule has 4 fully saturated rings. The van der Waals surface area contributed by atoms with Crippen LogP contribution in [0.3, 0.4) is 0 Å². The molecule has 0 radical (unpaired) electrons. The Morgan fingerprint density at radius 2 is 1.68 bits per heavy atom. The summed E-state index contributed by atoms with van der Waals surface area (Å²) in [7, 11) is 1.43. The van der Waals surface area contributed by atoms with Gasteiger partial charge in [0.1, 0.15) is 0 Å². The minimum Gasteiger partial charge on any atom is -0.469 e. The lowest BCUT2D eigenvalue weighted by Gasteiger charge is -2.33. The summed E-state index contributed by atoms with van der Waals surface area (Å²) in [6, 6.07) is 0. The Balaban J connectivity index is 1.45. The number of unbranched alkanes of at least 4 members (excludes halogenated alkanes) is 1. The second kappa shape index (κ2) is 17.0. The molecule has 0 spiro atoms. The van der Waals surface area contributed by atoms with Gasteiger partial charge in [0.2, 0.25) is 0 Å². The summed E-state index contributed by atoms with van der Waals surface area (Å²) in [5, 5.41) is 11.2. The van der Waals surface area contributed by atoms with Crippen molar-refractivity contribution >= 4 is 5.97 Å². The van der Waals surface area contributed by atoms with Crippen molar-refractivity contribution in [3.63, 3.8) is 0 Å². The molecule has 4 aliphatic rings. The van der Waals surface area contributed by atoms with E-state index in [-0.39, 0.29) is 42.6 Å². The Labute approximate surface area is 242 Å². The maximum absolute atomic E-state index is 11.4. The van der Waals surface area contributed by atoms with E-state index in [0.29, 0.717) is 24.7 Å². The SMILES string of the molecule is COC(=O)CCC/C=C\C[C@@H]1[C@@H](/C=C/[C@H](OC2CCCCO2)C(C)C2CCCC2)[C@H](OC2CCCCO2)C[C@@H]1O. The van der Waals surface area contributed by atoms with Crippen molar-refractivity contribution in [3.8, 4) is 0 Å². The van der Waals surface area contributed by atoms with E-state index in [1.165, 1.54) is 32.8 Å². The highest BCUT2D eigenvalue weighted by Gasteiger charge is 2.43. The average molecular weight is 563 g/mol. The van der Waals surface area contributed by atoms with E-state index in [9.17, 15) is 9.90 Å². The van der Waals surface area contributed by atoms with Gasteiger partial charge >= 0.3 is 5.97 Å². The summed E-state index contributed by atoms with van der Waals surface area (Å²) in [6.07, 6.45) is 22.9. The molecule has 0 aromatic heterocycles. The fourth-order valence-corrected chi connectivity index (χ4v) is 7.01. The number of carbonyl (C=O) groups excluding carboxylic acids is 1. The van der Waals surface area contributed by atoms with Crippen LogP contribution in [0.2, 0.25) is 0 Å². The van der Waals surface area contributed by atoms with Crippen LogP contribution >= 0.6 is 0 Å². The molecule has 0 aromatic rings. The lowest BCUT2D eigenvalue weighted by atomic mass is 9.85. The highest BCUT2D eigenvalue weighted by atomic mass is 16.7. The Hall–Kier alpha value is -1.25. The van der Waals surface area contributed by atoms with E-state index in [4.69, 9.17) is 23.7 Å². The molecule has 1 N–H and O–H groups in total. The lowest BCUT2D eigenvalue weighted by Crippen LogP contribution is -2.34. The standard InChI is InChI=1S/C33H54O7/c1-24(25-13-7-8-14-25)29(39-32-17-9-11-21-37-32)20-19-27-26(15-5-3-4-6-16-31(35)36-2)28(34)23-30(27)40-33-18-10-12-22-38-33/h3,5,19-20,24-30,32-34H,4,6-18,21-23H2,1-2H3/b5-3-,20-19+/t24?,26-,27-,28+,29+,30-,32?,33?/m1/s1. The molecule has 0 bridgehead atoms. The molecule has 7 heteroatoms. The van der Waals surface area contributed by atoms with Gasteiger partial charge in [0, 0.05) is 32.0 Å². The molecule has 0 aromatic carbocycles. The lowest BCUT2D eigenvalue weighted by molar-refractivity contribution is -0.193. The van der Waals surface area contributed by atoms with Gasteiger partial charge < -0.3 is 28.8 Å². The van der Waals surface area contributed by atoms with Gasteiger partial charge in [-0.15, -0.1) is 0 Å². The van der Waals surface area contributed by atoms with Crippen molar-refractivity contribution in [1.29, 1.82) is 0 Å². The number of rotatable bonds is 14. The van der Waals surface area contributed by atoms with Crippen LogP contribution in [0.5, 0.6) is 0 Å². The summed E-state index contributed by atoms with van der Waals surface area (Å²) < 4.78 is 29.8. The first kappa shape index (κ1) is 31.7. The largest absolute Gasteiger partial charge is 0.469 e. The first-order valence-corrected chi connectivity index (χ1v) is 16.2. The number of carbonyl (C=O) groups is 1. The molecular weight excluding hydrogens is 508 g/mol. The molecule has 2 saturated heterocycles. The zero-order valence-electron chi connectivity index (χ0n) is 24.9. The Bertz CT molecular complexity index is 780. The molecule has 4 rings (SSSR count). The van der Waals surface area contributed by atoms with Crippen LogP contribution in [0.15, 0.2) is 24.3 Å². The van der Waals surface area contributed by atoms with Crippen LogP contribution in [0.1, 0.15) is 103 Å². The van der Waals surface area contributed by atoms with E-state index in [0.717, 1.165) is 71.0 Å². The normalized spacial score (nSPS) is 33.6. The maximum atomic E-state index is 11.4. The molecule has 40 heavy (non-hydrogen) atoms. The molecule has 2 saturated carbocycles. The molecule has 2 aliphatic heterocycles. The quantitative estimate of drug-likeness (QED) is 0.147. The number of hydrogen-bond donors (Lipinski definition) is 1. The van der Waals surface area contributed by atoms with Crippen molar-refractivity contribution in [2.24, 2.45) is 23.7 Å². The van der Waals surface area contributed by atoms with Gasteiger partial charge in [-0.1, -0.05) is 56.9 Å².